The minimum atomic E-state index is -0.274. The van der Waals surface area contributed by atoms with Gasteiger partial charge in [0.05, 0.1) is 7.11 Å². The van der Waals surface area contributed by atoms with Gasteiger partial charge in [0.15, 0.2) is 0 Å². The van der Waals surface area contributed by atoms with Crippen LogP contribution in [0, 0.1) is 12.8 Å². The van der Waals surface area contributed by atoms with Crippen molar-refractivity contribution in [2.75, 3.05) is 7.11 Å². The first-order chi connectivity index (χ1) is 8.47. The van der Waals surface area contributed by atoms with Crippen molar-refractivity contribution < 1.29 is 9.53 Å². The van der Waals surface area contributed by atoms with E-state index in [-0.39, 0.29) is 24.0 Å². The van der Waals surface area contributed by atoms with E-state index in [1.807, 2.05) is 26.0 Å². The number of carbonyl (C=O) groups excluding carboxylic acids is 1. The van der Waals surface area contributed by atoms with E-state index in [0.717, 1.165) is 0 Å². The molecular formula is C15H23NO2. The Balaban J connectivity index is 2.82. The van der Waals surface area contributed by atoms with E-state index in [2.05, 4.69) is 31.3 Å². The Morgan fingerprint density at radius 1 is 1.22 bits per heavy atom. The number of rotatable bonds is 5. The molecule has 0 aliphatic carbocycles. The zero-order valence-corrected chi connectivity index (χ0v) is 11.9. The van der Waals surface area contributed by atoms with Crippen molar-refractivity contribution in [2.45, 2.75) is 39.8 Å². The van der Waals surface area contributed by atoms with Crippen LogP contribution in [0.4, 0.5) is 0 Å². The Morgan fingerprint density at radius 3 is 2.33 bits per heavy atom. The van der Waals surface area contributed by atoms with Gasteiger partial charge in [0, 0.05) is 6.04 Å². The molecule has 2 unspecified atom stereocenters. The topological polar surface area (TPSA) is 38.3 Å². The molecule has 0 aromatic heterocycles. The maximum absolute atomic E-state index is 11.7. The molecule has 0 saturated heterocycles. The number of methoxy groups -OCH3 is 1. The number of ether oxygens (including phenoxy) is 1. The normalized spacial score (nSPS) is 14.3. The fourth-order valence-electron chi connectivity index (χ4n) is 2.09. The number of hydrogen-bond acceptors (Lipinski definition) is 3. The van der Waals surface area contributed by atoms with E-state index in [4.69, 9.17) is 4.74 Å². The lowest BCUT2D eigenvalue weighted by Crippen LogP contribution is -2.43. The third-order valence-corrected chi connectivity index (χ3v) is 3.21. The van der Waals surface area contributed by atoms with E-state index in [9.17, 15) is 4.79 Å². The van der Waals surface area contributed by atoms with E-state index >= 15 is 0 Å². The summed E-state index contributed by atoms with van der Waals surface area (Å²) in [5, 5.41) is 3.35. The molecule has 2 atom stereocenters. The van der Waals surface area contributed by atoms with Crippen LogP contribution in [0.3, 0.4) is 0 Å². The lowest BCUT2D eigenvalue weighted by atomic mass is 9.98. The summed E-state index contributed by atoms with van der Waals surface area (Å²) in [6, 6.07) is 8.05. The van der Waals surface area contributed by atoms with Crippen LogP contribution in [0.5, 0.6) is 0 Å². The summed E-state index contributed by atoms with van der Waals surface area (Å²) in [5.41, 5.74) is 2.44. The summed E-state index contributed by atoms with van der Waals surface area (Å²) >= 11 is 0. The zero-order chi connectivity index (χ0) is 13.7. The van der Waals surface area contributed by atoms with E-state index in [1.165, 1.54) is 18.2 Å². The van der Waals surface area contributed by atoms with Crippen LogP contribution < -0.4 is 5.32 Å². The van der Waals surface area contributed by atoms with Gasteiger partial charge >= 0.3 is 5.97 Å². The number of aryl methyl sites for hydroxylation is 1. The maximum Gasteiger partial charge on any atom is 0.323 e. The van der Waals surface area contributed by atoms with Gasteiger partial charge in [0.1, 0.15) is 6.04 Å². The van der Waals surface area contributed by atoms with E-state index in [1.54, 1.807) is 0 Å². The highest BCUT2D eigenvalue weighted by Crippen LogP contribution is 2.19. The third-order valence-electron chi connectivity index (χ3n) is 3.21. The molecule has 0 heterocycles. The fourth-order valence-corrected chi connectivity index (χ4v) is 2.09. The molecule has 0 radical (unpaired) electrons. The predicted molar refractivity (Wildman–Crippen MR) is 73.4 cm³/mol. The average Bonchev–Trinajstić information content (AvgIpc) is 2.35. The van der Waals surface area contributed by atoms with Gasteiger partial charge in [0.2, 0.25) is 0 Å². The molecule has 0 amide bonds. The maximum atomic E-state index is 11.7. The molecule has 0 aliphatic rings. The van der Waals surface area contributed by atoms with Crippen LogP contribution >= 0.6 is 0 Å². The molecule has 1 aromatic carbocycles. The van der Waals surface area contributed by atoms with Crippen LogP contribution in [-0.2, 0) is 9.53 Å². The van der Waals surface area contributed by atoms with Gasteiger partial charge < -0.3 is 4.74 Å². The highest BCUT2D eigenvalue weighted by molar-refractivity contribution is 5.76. The summed E-state index contributed by atoms with van der Waals surface area (Å²) < 4.78 is 4.84. The molecule has 0 aliphatic heterocycles. The molecule has 0 spiro atoms. The summed E-state index contributed by atoms with van der Waals surface area (Å²) in [5.74, 6) is -0.00523. The molecular weight excluding hydrogens is 226 g/mol. The van der Waals surface area contributed by atoms with Crippen LogP contribution in [0.15, 0.2) is 24.3 Å². The quantitative estimate of drug-likeness (QED) is 0.815. The van der Waals surface area contributed by atoms with Gasteiger partial charge in [-0.15, -0.1) is 0 Å². The first-order valence-electron chi connectivity index (χ1n) is 6.36. The van der Waals surface area contributed by atoms with Gasteiger partial charge in [-0.05, 0) is 30.9 Å². The average molecular weight is 249 g/mol. The van der Waals surface area contributed by atoms with Crippen LogP contribution in [-0.4, -0.2) is 19.1 Å². The van der Waals surface area contributed by atoms with E-state index < -0.39 is 0 Å². The van der Waals surface area contributed by atoms with Gasteiger partial charge in [-0.3, -0.25) is 10.1 Å². The monoisotopic (exact) mass is 249 g/mol. The van der Waals surface area contributed by atoms with Crippen LogP contribution in [0.1, 0.15) is 37.9 Å². The van der Waals surface area contributed by atoms with Gasteiger partial charge in [-0.1, -0.05) is 38.1 Å². The van der Waals surface area contributed by atoms with Crippen molar-refractivity contribution in [2.24, 2.45) is 5.92 Å². The van der Waals surface area contributed by atoms with Crippen molar-refractivity contribution in [3.05, 3.63) is 35.4 Å². The molecule has 3 heteroatoms. The number of esters is 1. The Labute approximate surface area is 110 Å². The molecule has 18 heavy (non-hydrogen) atoms. The largest absolute Gasteiger partial charge is 0.468 e. The second kappa shape index (κ2) is 6.55. The zero-order valence-electron chi connectivity index (χ0n) is 11.9. The highest BCUT2D eigenvalue weighted by Gasteiger charge is 2.25. The Bertz CT molecular complexity index is 401. The second-order valence-corrected chi connectivity index (χ2v) is 4.99. The van der Waals surface area contributed by atoms with Gasteiger partial charge in [-0.25, -0.2) is 0 Å². The lowest BCUT2D eigenvalue weighted by molar-refractivity contribution is -0.144. The molecule has 0 bridgehead atoms. The fraction of sp³-hybridized carbons (Fsp3) is 0.533. The molecule has 100 valence electrons. The van der Waals surface area contributed by atoms with Crippen molar-refractivity contribution in [1.82, 2.24) is 5.32 Å². The molecule has 0 saturated carbocycles. The summed E-state index contributed by atoms with van der Waals surface area (Å²) in [6.45, 7) is 8.18. The Kier molecular flexibility index (Phi) is 5.35. The predicted octanol–water partition coefficient (Wildman–Crippen LogP) is 2.84. The standard InChI is InChI=1S/C15H23NO2/c1-10(2)14(15(17)18-5)16-12(4)13-9-7-6-8-11(13)3/h6-10,12,14,16H,1-5H3. The summed E-state index contributed by atoms with van der Waals surface area (Å²) in [4.78, 5) is 11.7. The van der Waals surface area contributed by atoms with Crippen LogP contribution in [0.25, 0.3) is 0 Å². The first kappa shape index (κ1) is 14.7. The van der Waals surface area contributed by atoms with Crippen molar-refractivity contribution >= 4 is 5.97 Å². The number of hydrogen-bond donors (Lipinski definition) is 1. The smallest absolute Gasteiger partial charge is 0.323 e. The molecule has 1 N–H and O–H groups in total. The Morgan fingerprint density at radius 2 is 1.83 bits per heavy atom. The van der Waals surface area contributed by atoms with Gasteiger partial charge in [0.25, 0.3) is 0 Å². The number of nitrogens with one attached hydrogen (secondary N) is 1. The SMILES string of the molecule is COC(=O)C(NC(C)c1ccccc1C)C(C)C. The molecule has 0 fully saturated rings. The molecule has 1 rings (SSSR count). The minimum absolute atomic E-state index is 0.123. The minimum Gasteiger partial charge on any atom is -0.468 e. The summed E-state index contributed by atoms with van der Waals surface area (Å²) in [6.07, 6.45) is 0. The third kappa shape index (κ3) is 3.57. The molecule has 1 aromatic rings. The second-order valence-electron chi connectivity index (χ2n) is 4.99. The molecule has 3 nitrogen and oxygen atoms in total. The first-order valence-corrected chi connectivity index (χ1v) is 6.36. The van der Waals surface area contributed by atoms with Crippen molar-refractivity contribution in [1.29, 1.82) is 0 Å². The van der Waals surface area contributed by atoms with Gasteiger partial charge in [-0.2, -0.15) is 0 Å². The number of benzene rings is 1. The lowest BCUT2D eigenvalue weighted by Gasteiger charge is -2.25. The number of carbonyl (C=O) groups is 1. The summed E-state index contributed by atoms with van der Waals surface area (Å²) in [7, 11) is 1.43. The Hall–Kier alpha value is -1.35. The van der Waals surface area contributed by atoms with Crippen molar-refractivity contribution in [3.8, 4) is 0 Å². The van der Waals surface area contributed by atoms with E-state index in [0.29, 0.717) is 0 Å². The highest BCUT2D eigenvalue weighted by atomic mass is 16.5. The van der Waals surface area contributed by atoms with Crippen LogP contribution in [0.2, 0.25) is 0 Å². The van der Waals surface area contributed by atoms with Crippen molar-refractivity contribution in [3.63, 3.8) is 0 Å².